The highest BCUT2D eigenvalue weighted by atomic mass is 16.4. The lowest BCUT2D eigenvalue weighted by Gasteiger charge is -2.20. The Morgan fingerprint density at radius 1 is 1.89 bits per heavy atom. The van der Waals surface area contributed by atoms with Gasteiger partial charge in [-0.2, -0.15) is 0 Å². The molecule has 3 N–H and O–H groups in total. The number of carbonyl (C=O) groups is 1. The van der Waals surface area contributed by atoms with E-state index in [1.54, 1.807) is 13.8 Å². The second-order valence-corrected chi connectivity index (χ2v) is 1.81. The normalized spacial score (nSPS) is 12.8. The van der Waals surface area contributed by atoms with Crippen LogP contribution in [0.3, 0.4) is 0 Å². The van der Waals surface area contributed by atoms with Gasteiger partial charge in [0.15, 0.2) is 0 Å². The molecule has 0 saturated carbocycles. The van der Waals surface area contributed by atoms with Crippen LogP contribution >= 0.6 is 0 Å². The molecule has 0 radical (unpaired) electrons. The smallest absolute Gasteiger partial charge is 0.408 e. The van der Waals surface area contributed by atoms with Crippen LogP contribution in [0.25, 0.3) is 0 Å². The highest BCUT2D eigenvalue weighted by Crippen LogP contribution is 1.91. The Balaban J connectivity index is 3.83. The summed E-state index contributed by atoms with van der Waals surface area (Å²) < 4.78 is 0. The van der Waals surface area contributed by atoms with Crippen molar-refractivity contribution in [3.8, 4) is 0 Å². The van der Waals surface area contributed by atoms with E-state index in [9.17, 15) is 4.79 Å². The molecule has 0 aliphatic heterocycles. The van der Waals surface area contributed by atoms with Gasteiger partial charge in [0.25, 0.3) is 0 Å². The quantitative estimate of drug-likeness (QED) is 0.531. The topological polar surface area (TPSA) is 66.6 Å². The molecule has 1 amide bonds. The van der Waals surface area contributed by atoms with Gasteiger partial charge in [0, 0.05) is 6.54 Å². The highest BCUT2D eigenvalue weighted by molar-refractivity contribution is 5.65. The van der Waals surface area contributed by atoms with Gasteiger partial charge in [-0.05, 0) is 13.8 Å². The molecule has 1 unspecified atom stereocenters. The van der Waals surface area contributed by atoms with Gasteiger partial charge in [0.1, 0.15) is 0 Å². The van der Waals surface area contributed by atoms with Gasteiger partial charge in [-0.1, -0.05) is 0 Å². The fourth-order valence-corrected chi connectivity index (χ4v) is 0.597. The summed E-state index contributed by atoms with van der Waals surface area (Å²) in [5.74, 6) is 0. The summed E-state index contributed by atoms with van der Waals surface area (Å²) in [5.41, 5.74) is 5.29. The first kappa shape index (κ1) is 8.23. The minimum absolute atomic E-state index is 0.410. The number of rotatable bonds is 2. The van der Waals surface area contributed by atoms with E-state index in [-0.39, 0.29) is 0 Å². The van der Waals surface area contributed by atoms with Crippen molar-refractivity contribution < 1.29 is 9.90 Å². The van der Waals surface area contributed by atoms with Gasteiger partial charge < -0.3 is 10.8 Å². The zero-order valence-corrected chi connectivity index (χ0v) is 5.66. The minimum atomic E-state index is -0.965. The van der Waals surface area contributed by atoms with Crippen molar-refractivity contribution in [3.63, 3.8) is 0 Å². The molecule has 0 rings (SSSR count). The zero-order valence-electron chi connectivity index (χ0n) is 5.66. The number of carboxylic acid groups (broad SMARTS) is 1. The standard InChI is InChI=1S/C5H12N2O2/c1-3-7(4(2)6)5(8)9/h4H,3,6H2,1-2H3,(H,8,9). The average Bonchev–Trinajstić information content (AvgIpc) is 1.64. The average molecular weight is 132 g/mol. The SMILES string of the molecule is CCN(C(=O)O)C(C)N. The molecule has 54 valence electrons. The lowest BCUT2D eigenvalue weighted by atomic mass is 10.5. The van der Waals surface area contributed by atoms with E-state index >= 15 is 0 Å². The molecule has 0 heterocycles. The van der Waals surface area contributed by atoms with Crippen LogP contribution in [-0.2, 0) is 0 Å². The Bertz CT molecular complexity index is 103. The number of amides is 1. The summed E-state index contributed by atoms with van der Waals surface area (Å²) in [6.07, 6.45) is -1.38. The summed E-state index contributed by atoms with van der Waals surface area (Å²) >= 11 is 0. The Morgan fingerprint density at radius 3 is 2.33 bits per heavy atom. The number of nitrogens with two attached hydrogens (primary N) is 1. The molecule has 0 aliphatic rings. The molecule has 1 atom stereocenters. The van der Waals surface area contributed by atoms with Gasteiger partial charge in [0.05, 0.1) is 6.17 Å². The van der Waals surface area contributed by atoms with Crippen molar-refractivity contribution in [2.45, 2.75) is 20.0 Å². The van der Waals surface area contributed by atoms with Crippen molar-refractivity contribution in [2.24, 2.45) is 5.73 Å². The molecular weight excluding hydrogens is 120 g/mol. The predicted molar refractivity (Wildman–Crippen MR) is 34.1 cm³/mol. The first-order chi connectivity index (χ1) is 4.09. The summed E-state index contributed by atoms with van der Waals surface area (Å²) in [4.78, 5) is 11.4. The van der Waals surface area contributed by atoms with Crippen molar-refractivity contribution in [1.29, 1.82) is 0 Å². The number of hydrogen-bond donors (Lipinski definition) is 2. The number of hydrogen-bond acceptors (Lipinski definition) is 2. The Labute approximate surface area is 54.3 Å². The molecule has 0 aromatic rings. The fraction of sp³-hybridized carbons (Fsp3) is 0.800. The van der Waals surface area contributed by atoms with Gasteiger partial charge in [-0.15, -0.1) is 0 Å². The largest absolute Gasteiger partial charge is 0.465 e. The van der Waals surface area contributed by atoms with Crippen LogP contribution in [0.5, 0.6) is 0 Å². The van der Waals surface area contributed by atoms with Crippen LogP contribution in [0.2, 0.25) is 0 Å². The predicted octanol–water partition coefficient (Wildman–Crippen LogP) is 0.291. The fourth-order valence-electron chi connectivity index (χ4n) is 0.597. The third kappa shape index (κ3) is 2.32. The molecule has 9 heavy (non-hydrogen) atoms. The first-order valence-electron chi connectivity index (χ1n) is 2.84. The maximum absolute atomic E-state index is 10.2. The van der Waals surface area contributed by atoms with Gasteiger partial charge in [-0.25, -0.2) is 4.79 Å². The third-order valence-electron chi connectivity index (χ3n) is 1.08. The van der Waals surface area contributed by atoms with Gasteiger partial charge in [-0.3, -0.25) is 4.90 Å². The van der Waals surface area contributed by atoms with E-state index in [1.807, 2.05) is 0 Å². The Kier molecular flexibility index (Phi) is 3.01. The van der Waals surface area contributed by atoms with Crippen LogP contribution < -0.4 is 5.73 Å². The zero-order chi connectivity index (χ0) is 7.44. The van der Waals surface area contributed by atoms with E-state index < -0.39 is 12.3 Å². The van der Waals surface area contributed by atoms with E-state index in [1.165, 1.54) is 0 Å². The van der Waals surface area contributed by atoms with Crippen LogP contribution in [-0.4, -0.2) is 28.8 Å². The summed E-state index contributed by atoms with van der Waals surface area (Å²) in [7, 11) is 0. The highest BCUT2D eigenvalue weighted by Gasteiger charge is 2.11. The second kappa shape index (κ2) is 3.29. The van der Waals surface area contributed by atoms with E-state index in [2.05, 4.69) is 0 Å². The monoisotopic (exact) mass is 132 g/mol. The lowest BCUT2D eigenvalue weighted by Crippen LogP contribution is -2.42. The van der Waals surface area contributed by atoms with Crippen LogP contribution in [0, 0.1) is 0 Å². The number of nitrogens with zero attached hydrogens (tertiary/aromatic N) is 1. The summed E-state index contributed by atoms with van der Waals surface area (Å²) in [6, 6.07) is 0. The molecule has 0 spiro atoms. The molecule has 4 heteroatoms. The molecule has 0 fully saturated rings. The molecule has 0 aromatic carbocycles. The van der Waals surface area contributed by atoms with Crippen molar-refractivity contribution in [3.05, 3.63) is 0 Å². The van der Waals surface area contributed by atoms with Crippen LogP contribution in [0.1, 0.15) is 13.8 Å². The Morgan fingerprint density at radius 2 is 2.33 bits per heavy atom. The molecule has 0 saturated heterocycles. The van der Waals surface area contributed by atoms with E-state index in [0.717, 1.165) is 4.90 Å². The summed E-state index contributed by atoms with van der Waals surface area (Å²) in [5, 5.41) is 8.39. The maximum atomic E-state index is 10.2. The molecule has 0 aliphatic carbocycles. The van der Waals surface area contributed by atoms with Gasteiger partial charge >= 0.3 is 6.09 Å². The maximum Gasteiger partial charge on any atom is 0.408 e. The van der Waals surface area contributed by atoms with Crippen molar-refractivity contribution >= 4 is 6.09 Å². The van der Waals surface area contributed by atoms with Crippen LogP contribution in [0.4, 0.5) is 4.79 Å². The lowest BCUT2D eigenvalue weighted by molar-refractivity contribution is 0.132. The molecule has 0 bridgehead atoms. The first-order valence-corrected chi connectivity index (χ1v) is 2.84. The second-order valence-electron chi connectivity index (χ2n) is 1.81. The molecule has 4 nitrogen and oxygen atoms in total. The van der Waals surface area contributed by atoms with Crippen molar-refractivity contribution in [1.82, 2.24) is 4.90 Å². The van der Waals surface area contributed by atoms with E-state index in [4.69, 9.17) is 10.8 Å². The van der Waals surface area contributed by atoms with E-state index in [0.29, 0.717) is 6.54 Å². The molecular formula is C5H12N2O2. The molecule has 0 aromatic heterocycles. The Hall–Kier alpha value is -0.770. The van der Waals surface area contributed by atoms with Crippen molar-refractivity contribution in [2.75, 3.05) is 6.54 Å². The summed E-state index contributed by atoms with van der Waals surface area (Å²) in [6.45, 7) is 3.82. The third-order valence-corrected chi connectivity index (χ3v) is 1.08. The minimum Gasteiger partial charge on any atom is -0.465 e. The van der Waals surface area contributed by atoms with Crippen LogP contribution in [0.15, 0.2) is 0 Å². The van der Waals surface area contributed by atoms with Gasteiger partial charge in [0.2, 0.25) is 0 Å².